The van der Waals surface area contributed by atoms with Gasteiger partial charge in [-0.1, -0.05) is 23.2 Å². The summed E-state index contributed by atoms with van der Waals surface area (Å²) in [5.41, 5.74) is 0.409. The Bertz CT molecular complexity index is 908. The number of carbonyl (C=O) groups excluding carboxylic acids is 3. The Kier molecular flexibility index (Phi) is 6.59. The molecule has 0 spiro atoms. The van der Waals surface area contributed by atoms with E-state index < -0.39 is 0 Å². The second-order valence-electron chi connectivity index (χ2n) is 6.38. The van der Waals surface area contributed by atoms with Crippen molar-refractivity contribution in [3.05, 3.63) is 55.7 Å². The molecule has 0 unspecified atom stereocenters. The molecule has 28 heavy (non-hydrogen) atoms. The van der Waals surface area contributed by atoms with E-state index in [-0.39, 0.29) is 17.7 Å². The van der Waals surface area contributed by atoms with E-state index in [1.807, 2.05) is 6.07 Å². The summed E-state index contributed by atoms with van der Waals surface area (Å²) in [5.74, 6) is -0.332. The second-order valence-corrected chi connectivity index (χ2v) is 8.40. The minimum atomic E-state index is -0.164. The summed E-state index contributed by atoms with van der Waals surface area (Å²) in [6.07, 6.45) is 0. The van der Waals surface area contributed by atoms with Gasteiger partial charge in [0.2, 0.25) is 5.91 Å². The number of halogens is 2. The van der Waals surface area contributed by atoms with Crippen molar-refractivity contribution in [3.63, 3.8) is 0 Å². The third kappa shape index (κ3) is 4.84. The first kappa shape index (κ1) is 20.6. The van der Waals surface area contributed by atoms with Crippen LogP contribution in [0.25, 0.3) is 0 Å². The van der Waals surface area contributed by atoms with Gasteiger partial charge in [-0.15, -0.1) is 11.3 Å². The largest absolute Gasteiger partial charge is 0.351 e. The highest BCUT2D eigenvalue weighted by atomic mass is 35.5. The van der Waals surface area contributed by atoms with Crippen LogP contribution in [0.2, 0.25) is 10.0 Å². The van der Waals surface area contributed by atoms with Crippen molar-refractivity contribution in [2.24, 2.45) is 0 Å². The lowest BCUT2D eigenvalue weighted by Gasteiger charge is -2.34. The number of rotatable bonds is 4. The summed E-state index contributed by atoms with van der Waals surface area (Å²) in [6.45, 7) is 3.65. The summed E-state index contributed by atoms with van der Waals surface area (Å²) in [6, 6.07) is 8.42. The molecule has 6 nitrogen and oxygen atoms in total. The van der Waals surface area contributed by atoms with Crippen molar-refractivity contribution in [1.29, 1.82) is 0 Å². The van der Waals surface area contributed by atoms with E-state index in [0.717, 1.165) is 4.88 Å². The van der Waals surface area contributed by atoms with Gasteiger partial charge in [-0.2, -0.15) is 0 Å². The van der Waals surface area contributed by atoms with E-state index in [2.05, 4.69) is 5.32 Å². The van der Waals surface area contributed by atoms with E-state index in [0.29, 0.717) is 53.2 Å². The molecule has 9 heteroatoms. The molecule has 1 saturated heterocycles. The number of nitrogens with zero attached hydrogens (tertiary/aromatic N) is 2. The molecule has 1 N–H and O–H groups in total. The monoisotopic (exact) mass is 439 g/mol. The van der Waals surface area contributed by atoms with Crippen LogP contribution in [0.5, 0.6) is 0 Å². The molecule has 0 aliphatic carbocycles. The Morgan fingerprint density at radius 1 is 1.00 bits per heavy atom. The SMILES string of the molecule is CC(=O)NCc1ccc(C(=O)N2CCN(C(=O)c3ccc(Cl)cc3Cl)CC2)s1. The van der Waals surface area contributed by atoms with E-state index in [4.69, 9.17) is 23.2 Å². The highest BCUT2D eigenvalue weighted by Crippen LogP contribution is 2.23. The smallest absolute Gasteiger partial charge is 0.264 e. The molecule has 1 aromatic carbocycles. The van der Waals surface area contributed by atoms with Gasteiger partial charge in [0.25, 0.3) is 11.8 Å². The van der Waals surface area contributed by atoms with E-state index in [9.17, 15) is 14.4 Å². The topological polar surface area (TPSA) is 69.7 Å². The van der Waals surface area contributed by atoms with Crippen molar-refractivity contribution in [3.8, 4) is 0 Å². The quantitative estimate of drug-likeness (QED) is 0.794. The standard InChI is InChI=1S/C19H19Cl2N3O3S/c1-12(25)22-11-14-3-5-17(28-14)19(27)24-8-6-23(7-9-24)18(26)15-4-2-13(20)10-16(15)21/h2-5,10H,6-9,11H2,1H3,(H,22,25). The molecule has 0 atom stereocenters. The Labute approximate surface area is 177 Å². The van der Waals surface area contributed by atoms with Crippen LogP contribution in [0.4, 0.5) is 0 Å². The number of thiophene rings is 1. The number of carbonyl (C=O) groups is 3. The molecule has 3 rings (SSSR count). The number of piperazine rings is 1. The summed E-state index contributed by atoms with van der Waals surface area (Å²) in [4.78, 5) is 41.3. The first-order valence-electron chi connectivity index (χ1n) is 8.72. The normalized spacial score (nSPS) is 14.1. The first-order chi connectivity index (χ1) is 13.3. The van der Waals surface area contributed by atoms with E-state index in [1.165, 1.54) is 18.3 Å². The minimum Gasteiger partial charge on any atom is -0.351 e. The minimum absolute atomic E-state index is 0.0595. The zero-order valence-electron chi connectivity index (χ0n) is 15.2. The fourth-order valence-corrected chi connectivity index (χ4v) is 4.31. The lowest BCUT2D eigenvalue weighted by atomic mass is 10.1. The lowest BCUT2D eigenvalue weighted by Crippen LogP contribution is -2.50. The maximum Gasteiger partial charge on any atom is 0.264 e. The Balaban J connectivity index is 1.58. The summed E-state index contributed by atoms with van der Waals surface area (Å²) >= 11 is 13.4. The zero-order valence-corrected chi connectivity index (χ0v) is 17.5. The highest BCUT2D eigenvalue weighted by molar-refractivity contribution is 7.14. The predicted octanol–water partition coefficient (Wildman–Crippen LogP) is 3.29. The average Bonchev–Trinajstić information content (AvgIpc) is 3.14. The molecule has 1 aromatic heterocycles. The number of nitrogens with one attached hydrogen (secondary N) is 1. The Morgan fingerprint density at radius 2 is 1.64 bits per heavy atom. The van der Waals surface area contributed by atoms with Crippen molar-refractivity contribution in [2.75, 3.05) is 26.2 Å². The molecular formula is C19H19Cl2N3O3S. The molecule has 0 saturated carbocycles. The number of benzene rings is 1. The predicted molar refractivity (Wildman–Crippen MR) is 110 cm³/mol. The van der Waals surface area contributed by atoms with Crippen LogP contribution in [-0.2, 0) is 11.3 Å². The summed E-state index contributed by atoms with van der Waals surface area (Å²) < 4.78 is 0. The van der Waals surface area contributed by atoms with E-state index >= 15 is 0 Å². The molecule has 0 bridgehead atoms. The number of amides is 3. The molecular weight excluding hydrogens is 421 g/mol. The maximum absolute atomic E-state index is 12.7. The van der Waals surface area contributed by atoms with Gasteiger partial charge in [0, 0.05) is 43.0 Å². The highest BCUT2D eigenvalue weighted by Gasteiger charge is 2.27. The van der Waals surface area contributed by atoms with Gasteiger partial charge in [-0.3, -0.25) is 14.4 Å². The number of hydrogen-bond donors (Lipinski definition) is 1. The van der Waals surface area contributed by atoms with Crippen LogP contribution in [0.15, 0.2) is 30.3 Å². The van der Waals surface area contributed by atoms with Gasteiger partial charge in [-0.05, 0) is 30.3 Å². The number of hydrogen-bond acceptors (Lipinski definition) is 4. The Hall–Kier alpha value is -2.09. The lowest BCUT2D eigenvalue weighted by molar-refractivity contribution is -0.119. The molecule has 2 heterocycles. The fourth-order valence-electron chi connectivity index (χ4n) is 2.90. The molecule has 2 aromatic rings. The fraction of sp³-hybridized carbons (Fsp3) is 0.316. The van der Waals surface area contributed by atoms with Crippen molar-refractivity contribution in [1.82, 2.24) is 15.1 Å². The van der Waals surface area contributed by atoms with Gasteiger partial charge >= 0.3 is 0 Å². The van der Waals surface area contributed by atoms with Crippen molar-refractivity contribution < 1.29 is 14.4 Å². The van der Waals surface area contributed by atoms with Crippen molar-refractivity contribution in [2.45, 2.75) is 13.5 Å². The first-order valence-corrected chi connectivity index (χ1v) is 10.3. The van der Waals surface area contributed by atoms with Gasteiger partial charge in [0.05, 0.1) is 22.0 Å². The second kappa shape index (κ2) is 8.94. The van der Waals surface area contributed by atoms with Crippen LogP contribution in [0.1, 0.15) is 31.8 Å². The van der Waals surface area contributed by atoms with Gasteiger partial charge in [0.15, 0.2) is 0 Å². The summed E-state index contributed by atoms with van der Waals surface area (Å²) in [5, 5.41) is 3.52. The third-order valence-electron chi connectivity index (χ3n) is 4.40. The van der Waals surface area contributed by atoms with Gasteiger partial charge < -0.3 is 15.1 Å². The van der Waals surface area contributed by atoms with Gasteiger partial charge in [-0.25, -0.2) is 0 Å². The van der Waals surface area contributed by atoms with Crippen LogP contribution >= 0.6 is 34.5 Å². The molecule has 3 amide bonds. The summed E-state index contributed by atoms with van der Waals surface area (Å²) in [7, 11) is 0. The van der Waals surface area contributed by atoms with Crippen LogP contribution in [0.3, 0.4) is 0 Å². The van der Waals surface area contributed by atoms with Crippen LogP contribution in [-0.4, -0.2) is 53.7 Å². The maximum atomic E-state index is 12.7. The molecule has 1 aliphatic rings. The van der Waals surface area contributed by atoms with Crippen LogP contribution < -0.4 is 5.32 Å². The molecule has 1 aliphatic heterocycles. The Morgan fingerprint density at radius 3 is 2.25 bits per heavy atom. The van der Waals surface area contributed by atoms with E-state index in [1.54, 1.807) is 34.1 Å². The zero-order chi connectivity index (χ0) is 20.3. The molecule has 148 valence electrons. The third-order valence-corrected chi connectivity index (χ3v) is 6.02. The van der Waals surface area contributed by atoms with Crippen molar-refractivity contribution >= 4 is 52.3 Å². The molecule has 0 radical (unpaired) electrons. The molecule has 1 fully saturated rings. The average molecular weight is 440 g/mol. The van der Waals surface area contributed by atoms with Crippen LogP contribution in [0, 0.1) is 0 Å². The van der Waals surface area contributed by atoms with Gasteiger partial charge in [0.1, 0.15) is 0 Å².